The van der Waals surface area contributed by atoms with E-state index in [-0.39, 0.29) is 30.0 Å². The summed E-state index contributed by atoms with van der Waals surface area (Å²) in [4.78, 5) is 37.8. The quantitative estimate of drug-likeness (QED) is 0.241. The number of Topliss-reactive ketones (excluding diaryl/α,β-unsaturated/α-hetero) is 1. The predicted molar refractivity (Wildman–Crippen MR) is 129 cm³/mol. The monoisotopic (exact) mass is 497 g/mol. The molecule has 0 saturated heterocycles. The molecule has 0 radical (unpaired) electrons. The summed E-state index contributed by atoms with van der Waals surface area (Å²) in [5.74, 6) is -0.904. The molecule has 0 aliphatic rings. The fourth-order valence-electron chi connectivity index (χ4n) is 2.95. The number of nitrogens with one attached hydrogen (secondary N) is 2. The van der Waals surface area contributed by atoms with Crippen molar-refractivity contribution in [2.24, 2.45) is 5.73 Å². The molecule has 2 aromatic carbocycles. The van der Waals surface area contributed by atoms with E-state index < -0.39 is 22.6 Å². The number of benzene rings is 2. The third-order valence-corrected chi connectivity index (χ3v) is 5.40. The van der Waals surface area contributed by atoms with Crippen LogP contribution in [0.2, 0.25) is 10.0 Å². The lowest BCUT2D eigenvalue weighted by molar-refractivity contribution is -0.120. The molecule has 0 spiro atoms. The van der Waals surface area contributed by atoms with Gasteiger partial charge in [0.25, 0.3) is 5.91 Å². The summed E-state index contributed by atoms with van der Waals surface area (Å²) >= 11 is 16.2. The molecule has 4 N–H and O–H groups in total. The summed E-state index contributed by atoms with van der Waals surface area (Å²) in [7, 11) is 1.44. The average molecular weight is 498 g/mol. The normalized spacial score (nSPS) is 12.1. The number of ether oxygens (including phenoxy) is 1. The van der Waals surface area contributed by atoms with E-state index in [0.29, 0.717) is 21.4 Å². The fourth-order valence-corrected chi connectivity index (χ4v) is 3.57. The summed E-state index contributed by atoms with van der Waals surface area (Å²) in [6.45, 7) is 3.39. The zero-order valence-corrected chi connectivity index (χ0v) is 20.3. The van der Waals surface area contributed by atoms with Gasteiger partial charge in [-0.1, -0.05) is 23.2 Å². The van der Waals surface area contributed by atoms with E-state index in [1.54, 1.807) is 32.0 Å². The molecule has 0 aromatic heterocycles. The van der Waals surface area contributed by atoms with Gasteiger partial charge >= 0.3 is 0 Å². The van der Waals surface area contributed by atoms with Crippen LogP contribution < -0.4 is 21.1 Å². The molecule has 0 aliphatic heterocycles. The number of nitrogens with two attached hydrogens (primary N) is 1. The second-order valence-electron chi connectivity index (χ2n) is 7.58. The summed E-state index contributed by atoms with van der Waals surface area (Å²) in [6, 6.07) is 9.40. The number of amides is 2. The Morgan fingerprint density at radius 1 is 1.09 bits per heavy atom. The van der Waals surface area contributed by atoms with E-state index >= 15 is 0 Å². The molecular weight excluding hydrogens is 473 g/mol. The molecule has 1 unspecified atom stereocenters. The number of thiol groups is 1. The Hall–Kier alpha value is -2.26. The van der Waals surface area contributed by atoms with Crippen LogP contribution in [0.5, 0.6) is 5.75 Å². The lowest BCUT2D eigenvalue weighted by Crippen LogP contribution is -2.40. The van der Waals surface area contributed by atoms with Crippen molar-refractivity contribution < 1.29 is 19.1 Å². The predicted octanol–water partition coefficient (Wildman–Crippen LogP) is 3.22. The van der Waals surface area contributed by atoms with Crippen molar-refractivity contribution in [3.63, 3.8) is 0 Å². The number of ketones is 1. The smallest absolute Gasteiger partial charge is 0.251 e. The molecule has 172 valence electrons. The first-order chi connectivity index (χ1) is 14.9. The van der Waals surface area contributed by atoms with E-state index in [0.717, 1.165) is 0 Å². The van der Waals surface area contributed by atoms with Crippen LogP contribution in [-0.2, 0) is 10.2 Å². The molecule has 0 saturated carbocycles. The highest BCUT2D eigenvalue weighted by Crippen LogP contribution is 2.34. The second kappa shape index (κ2) is 11.0. The van der Waals surface area contributed by atoms with Crippen LogP contribution in [0.4, 0.5) is 0 Å². The zero-order valence-electron chi connectivity index (χ0n) is 17.9. The van der Waals surface area contributed by atoms with Crippen LogP contribution >= 0.6 is 35.8 Å². The Bertz CT molecular complexity index is 1010. The molecule has 0 bridgehead atoms. The van der Waals surface area contributed by atoms with Gasteiger partial charge in [0.2, 0.25) is 5.91 Å². The van der Waals surface area contributed by atoms with Gasteiger partial charge in [-0.2, -0.15) is 12.6 Å². The summed E-state index contributed by atoms with van der Waals surface area (Å²) in [5.41, 5.74) is 5.48. The highest BCUT2D eigenvalue weighted by atomic mass is 35.5. The van der Waals surface area contributed by atoms with Crippen LogP contribution in [0.1, 0.15) is 40.1 Å². The summed E-state index contributed by atoms with van der Waals surface area (Å²) in [5, 5.41) is 5.36. The van der Waals surface area contributed by atoms with Gasteiger partial charge in [-0.05, 0) is 55.8 Å². The van der Waals surface area contributed by atoms with E-state index in [2.05, 4.69) is 23.3 Å². The molecule has 2 aromatic rings. The van der Waals surface area contributed by atoms with Gasteiger partial charge in [-0.3, -0.25) is 14.4 Å². The highest BCUT2D eigenvalue weighted by Gasteiger charge is 2.33. The molecule has 0 aliphatic carbocycles. The van der Waals surface area contributed by atoms with Gasteiger partial charge < -0.3 is 21.1 Å². The Labute approximate surface area is 202 Å². The largest absolute Gasteiger partial charge is 0.496 e. The Morgan fingerprint density at radius 2 is 1.72 bits per heavy atom. The van der Waals surface area contributed by atoms with E-state index in [9.17, 15) is 14.4 Å². The molecule has 2 amide bonds. The molecular formula is C22H25Cl2N3O4S. The molecule has 0 heterocycles. The van der Waals surface area contributed by atoms with Crippen molar-refractivity contribution in [3.05, 3.63) is 63.1 Å². The van der Waals surface area contributed by atoms with Gasteiger partial charge in [0.15, 0.2) is 5.78 Å². The number of hydrogen-bond acceptors (Lipinski definition) is 6. The first-order valence-electron chi connectivity index (χ1n) is 9.63. The van der Waals surface area contributed by atoms with Crippen molar-refractivity contribution in [1.82, 2.24) is 10.6 Å². The molecule has 2 rings (SSSR count). The fraction of sp³-hybridized carbons (Fsp3) is 0.318. The number of halogens is 2. The molecule has 10 heteroatoms. The van der Waals surface area contributed by atoms with Crippen LogP contribution in [0, 0.1) is 0 Å². The SMILES string of the molecule is COc1ccc(C(=O)NCC(=O)NCC(N)S)cc1C(=O)C(C)(C)c1cc(Cl)cc(Cl)c1. The third-order valence-electron chi connectivity index (χ3n) is 4.78. The topological polar surface area (TPSA) is 111 Å². The lowest BCUT2D eigenvalue weighted by Gasteiger charge is -2.25. The molecule has 7 nitrogen and oxygen atoms in total. The minimum absolute atomic E-state index is 0.168. The Morgan fingerprint density at radius 3 is 2.28 bits per heavy atom. The van der Waals surface area contributed by atoms with Crippen molar-refractivity contribution in [1.29, 1.82) is 0 Å². The van der Waals surface area contributed by atoms with Gasteiger partial charge in [-0.25, -0.2) is 0 Å². The van der Waals surface area contributed by atoms with Crippen molar-refractivity contribution in [3.8, 4) is 5.75 Å². The Balaban J connectivity index is 2.28. The van der Waals surface area contributed by atoms with Crippen molar-refractivity contribution >= 4 is 53.4 Å². The number of carbonyl (C=O) groups excluding carboxylic acids is 3. The lowest BCUT2D eigenvalue weighted by atomic mass is 9.77. The molecule has 0 fully saturated rings. The zero-order chi connectivity index (χ0) is 24.1. The van der Waals surface area contributed by atoms with E-state index in [4.69, 9.17) is 33.7 Å². The summed E-state index contributed by atoms with van der Waals surface area (Å²) < 4.78 is 5.34. The van der Waals surface area contributed by atoms with Gasteiger partial charge in [0.1, 0.15) is 5.75 Å². The average Bonchev–Trinajstić information content (AvgIpc) is 2.74. The number of rotatable bonds is 9. The van der Waals surface area contributed by atoms with Crippen LogP contribution in [0.25, 0.3) is 0 Å². The Kier molecular flexibility index (Phi) is 8.98. The second-order valence-corrected chi connectivity index (χ2v) is 9.12. The number of methoxy groups -OCH3 is 1. The maximum atomic E-state index is 13.5. The van der Waals surface area contributed by atoms with Crippen molar-refractivity contribution in [2.45, 2.75) is 24.6 Å². The van der Waals surface area contributed by atoms with Gasteiger partial charge in [-0.15, -0.1) is 0 Å². The number of carbonyl (C=O) groups is 3. The number of hydrogen-bond donors (Lipinski definition) is 4. The minimum atomic E-state index is -1.01. The van der Waals surface area contributed by atoms with Crippen LogP contribution in [0.3, 0.4) is 0 Å². The third kappa shape index (κ3) is 6.62. The first kappa shape index (κ1) is 26.0. The molecule has 32 heavy (non-hydrogen) atoms. The van der Waals surface area contributed by atoms with E-state index in [1.807, 2.05) is 0 Å². The standard InChI is InChI=1S/C22H25Cl2N3O4S/c1-22(2,13-7-14(23)9-15(24)8-13)20(29)16-6-12(4-5-17(16)31-3)21(30)27-11-19(28)26-10-18(25)32/h4-9,18,32H,10-11,25H2,1-3H3,(H,26,28)(H,27,30). The van der Waals surface area contributed by atoms with Crippen LogP contribution in [-0.4, -0.2) is 43.2 Å². The van der Waals surface area contributed by atoms with Gasteiger partial charge in [0.05, 0.1) is 30.0 Å². The van der Waals surface area contributed by atoms with Crippen molar-refractivity contribution in [2.75, 3.05) is 20.2 Å². The highest BCUT2D eigenvalue weighted by molar-refractivity contribution is 7.80. The van der Waals surface area contributed by atoms with E-state index in [1.165, 1.54) is 25.3 Å². The maximum absolute atomic E-state index is 13.5. The maximum Gasteiger partial charge on any atom is 0.251 e. The summed E-state index contributed by atoms with van der Waals surface area (Å²) in [6.07, 6.45) is 0. The minimum Gasteiger partial charge on any atom is -0.496 e. The first-order valence-corrected chi connectivity index (χ1v) is 10.9. The molecule has 1 atom stereocenters. The van der Waals surface area contributed by atoms with Gasteiger partial charge in [0, 0.05) is 22.2 Å². The van der Waals surface area contributed by atoms with Crippen LogP contribution in [0.15, 0.2) is 36.4 Å².